The molecule has 0 radical (unpaired) electrons. The van der Waals surface area contributed by atoms with Gasteiger partial charge < -0.3 is 15.2 Å². The summed E-state index contributed by atoms with van der Waals surface area (Å²) in [5, 5.41) is 11.6. The number of Topliss-reactive ketones (excluding diaryl/α,β-unsaturated/α-hetero) is 1. The minimum Gasteiger partial charge on any atom is -0.497 e. The summed E-state index contributed by atoms with van der Waals surface area (Å²) < 4.78 is 5.01. The zero-order chi connectivity index (χ0) is 16.2. The number of ether oxygens (including phenoxy) is 1. The Morgan fingerprint density at radius 3 is 2.32 bits per heavy atom. The summed E-state index contributed by atoms with van der Waals surface area (Å²) in [6.07, 6.45) is 1.33. The number of aliphatic carboxylic acids is 1. The van der Waals surface area contributed by atoms with Gasteiger partial charge in [-0.25, -0.2) is 0 Å². The second kappa shape index (κ2) is 6.60. The van der Waals surface area contributed by atoms with E-state index in [2.05, 4.69) is 5.32 Å². The number of rotatable bonds is 8. The van der Waals surface area contributed by atoms with Gasteiger partial charge in [0.25, 0.3) is 0 Å². The van der Waals surface area contributed by atoms with Gasteiger partial charge in [-0.2, -0.15) is 0 Å². The predicted octanol–water partition coefficient (Wildman–Crippen LogP) is 1.64. The van der Waals surface area contributed by atoms with Crippen LogP contribution in [0.5, 0.6) is 5.75 Å². The maximum absolute atomic E-state index is 12.0. The van der Waals surface area contributed by atoms with E-state index in [0.717, 1.165) is 0 Å². The standard InChI is InChI=1S/C16H19NO5/c1-22-12-4-2-11(3-5-12)13(18)6-7-14(19)17-10-16(8-9-16)15(20)21/h2-5H,6-10H2,1H3,(H,17,19)(H,20,21). The molecule has 0 bridgehead atoms. The van der Waals surface area contributed by atoms with Gasteiger partial charge in [-0.15, -0.1) is 0 Å². The van der Waals surface area contributed by atoms with Gasteiger partial charge >= 0.3 is 5.97 Å². The molecular formula is C16H19NO5. The van der Waals surface area contributed by atoms with Gasteiger partial charge in [-0.3, -0.25) is 14.4 Å². The van der Waals surface area contributed by atoms with Crippen LogP contribution in [0.15, 0.2) is 24.3 Å². The van der Waals surface area contributed by atoms with Crippen LogP contribution in [0.2, 0.25) is 0 Å². The lowest BCUT2D eigenvalue weighted by molar-refractivity contribution is -0.143. The molecule has 2 N–H and O–H groups in total. The van der Waals surface area contributed by atoms with Crippen LogP contribution >= 0.6 is 0 Å². The molecule has 1 aliphatic carbocycles. The number of carbonyl (C=O) groups is 3. The minimum absolute atomic E-state index is 0.0561. The topological polar surface area (TPSA) is 92.7 Å². The summed E-state index contributed by atoms with van der Waals surface area (Å²) in [5.41, 5.74) is -0.256. The molecule has 0 atom stereocenters. The van der Waals surface area contributed by atoms with E-state index in [9.17, 15) is 14.4 Å². The molecule has 2 rings (SSSR count). The Balaban J connectivity index is 1.75. The molecular weight excluding hydrogens is 286 g/mol. The van der Waals surface area contributed by atoms with Crippen LogP contribution in [0.1, 0.15) is 36.0 Å². The molecule has 1 saturated carbocycles. The molecule has 22 heavy (non-hydrogen) atoms. The maximum Gasteiger partial charge on any atom is 0.311 e. The highest BCUT2D eigenvalue weighted by Gasteiger charge is 2.50. The van der Waals surface area contributed by atoms with Crippen molar-refractivity contribution in [1.82, 2.24) is 5.32 Å². The summed E-state index contributed by atoms with van der Waals surface area (Å²) in [5.74, 6) is -0.633. The number of amides is 1. The first kappa shape index (κ1) is 16.0. The van der Waals surface area contributed by atoms with Gasteiger partial charge in [-0.05, 0) is 37.1 Å². The summed E-state index contributed by atoms with van der Waals surface area (Å²) in [6.45, 7) is 0.137. The molecule has 0 saturated heterocycles. The van der Waals surface area contributed by atoms with Crippen molar-refractivity contribution in [2.45, 2.75) is 25.7 Å². The second-order valence-corrected chi connectivity index (χ2v) is 5.51. The molecule has 1 aliphatic rings. The molecule has 0 heterocycles. The maximum atomic E-state index is 12.0. The fourth-order valence-corrected chi connectivity index (χ4v) is 2.12. The number of benzene rings is 1. The van der Waals surface area contributed by atoms with E-state index < -0.39 is 11.4 Å². The molecule has 1 aromatic rings. The van der Waals surface area contributed by atoms with E-state index in [1.165, 1.54) is 0 Å². The number of carboxylic acid groups (broad SMARTS) is 1. The van der Waals surface area contributed by atoms with E-state index in [4.69, 9.17) is 9.84 Å². The van der Waals surface area contributed by atoms with Gasteiger partial charge in [-0.1, -0.05) is 0 Å². The van der Waals surface area contributed by atoms with Crippen molar-refractivity contribution in [1.29, 1.82) is 0 Å². The van der Waals surface area contributed by atoms with E-state index in [-0.39, 0.29) is 31.1 Å². The van der Waals surface area contributed by atoms with Gasteiger partial charge in [0.05, 0.1) is 12.5 Å². The fourth-order valence-electron chi connectivity index (χ4n) is 2.12. The molecule has 0 aromatic heterocycles. The van der Waals surface area contributed by atoms with Crippen molar-refractivity contribution >= 4 is 17.7 Å². The SMILES string of the molecule is COc1ccc(C(=O)CCC(=O)NCC2(C(=O)O)CC2)cc1. The lowest BCUT2D eigenvalue weighted by Crippen LogP contribution is -2.34. The van der Waals surface area contributed by atoms with Crippen molar-refractivity contribution in [2.75, 3.05) is 13.7 Å². The van der Waals surface area contributed by atoms with Crippen LogP contribution in [0.25, 0.3) is 0 Å². The molecule has 6 heteroatoms. The summed E-state index contributed by atoms with van der Waals surface area (Å²) in [6, 6.07) is 6.69. The van der Waals surface area contributed by atoms with Crippen molar-refractivity contribution in [3.8, 4) is 5.75 Å². The van der Waals surface area contributed by atoms with Crippen LogP contribution in [0.4, 0.5) is 0 Å². The quantitative estimate of drug-likeness (QED) is 0.712. The van der Waals surface area contributed by atoms with Crippen molar-refractivity contribution < 1.29 is 24.2 Å². The van der Waals surface area contributed by atoms with Crippen molar-refractivity contribution in [3.63, 3.8) is 0 Å². The van der Waals surface area contributed by atoms with Gasteiger partial charge in [0.2, 0.25) is 5.91 Å². The zero-order valence-electron chi connectivity index (χ0n) is 12.4. The normalized spacial score (nSPS) is 15.0. The minimum atomic E-state index is -0.873. The molecule has 1 aromatic carbocycles. The van der Waals surface area contributed by atoms with Crippen LogP contribution in [-0.2, 0) is 9.59 Å². The first-order valence-electron chi connectivity index (χ1n) is 7.14. The number of carbonyl (C=O) groups excluding carboxylic acids is 2. The smallest absolute Gasteiger partial charge is 0.311 e. The number of hydrogen-bond donors (Lipinski definition) is 2. The number of nitrogens with one attached hydrogen (secondary N) is 1. The fraction of sp³-hybridized carbons (Fsp3) is 0.438. The summed E-state index contributed by atoms with van der Waals surface area (Å²) in [7, 11) is 1.55. The predicted molar refractivity (Wildman–Crippen MR) is 78.9 cm³/mol. The number of ketones is 1. The highest BCUT2D eigenvalue weighted by molar-refractivity contribution is 5.98. The van der Waals surface area contributed by atoms with E-state index >= 15 is 0 Å². The Bertz CT molecular complexity index is 575. The Kier molecular flexibility index (Phi) is 4.80. The van der Waals surface area contributed by atoms with Crippen LogP contribution in [-0.4, -0.2) is 36.4 Å². The van der Waals surface area contributed by atoms with Gasteiger partial charge in [0.1, 0.15) is 5.75 Å². The number of hydrogen-bond acceptors (Lipinski definition) is 4. The zero-order valence-corrected chi connectivity index (χ0v) is 12.4. The van der Waals surface area contributed by atoms with Crippen LogP contribution in [0.3, 0.4) is 0 Å². The van der Waals surface area contributed by atoms with Crippen molar-refractivity contribution in [3.05, 3.63) is 29.8 Å². The third-order valence-electron chi connectivity index (χ3n) is 3.92. The third kappa shape index (κ3) is 3.84. The molecule has 0 unspecified atom stereocenters. The lowest BCUT2D eigenvalue weighted by atomic mass is 10.1. The highest BCUT2D eigenvalue weighted by atomic mass is 16.5. The monoisotopic (exact) mass is 305 g/mol. The molecule has 1 amide bonds. The molecule has 0 aliphatic heterocycles. The summed E-state index contributed by atoms with van der Waals surface area (Å²) >= 11 is 0. The summed E-state index contributed by atoms with van der Waals surface area (Å²) in [4.78, 5) is 34.6. The highest BCUT2D eigenvalue weighted by Crippen LogP contribution is 2.45. The Morgan fingerprint density at radius 2 is 1.82 bits per heavy atom. The van der Waals surface area contributed by atoms with Crippen LogP contribution < -0.4 is 10.1 Å². The molecule has 1 fully saturated rings. The Labute approximate surface area is 128 Å². The van der Waals surface area contributed by atoms with Crippen molar-refractivity contribution in [2.24, 2.45) is 5.41 Å². The van der Waals surface area contributed by atoms with Crippen LogP contribution in [0, 0.1) is 5.41 Å². The first-order chi connectivity index (χ1) is 10.5. The molecule has 0 spiro atoms. The average Bonchev–Trinajstić information content (AvgIpc) is 3.32. The first-order valence-corrected chi connectivity index (χ1v) is 7.14. The second-order valence-electron chi connectivity index (χ2n) is 5.51. The molecule has 6 nitrogen and oxygen atoms in total. The Hall–Kier alpha value is -2.37. The lowest BCUT2D eigenvalue weighted by Gasteiger charge is -2.10. The molecule has 118 valence electrons. The largest absolute Gasteiger partial charge is 0.497 e. The van der Waals surface area contributed by atoms with Gasteiger partial charge in [0, 0.05) is 24.9 Å². The number of methoxy groups -OCH3 is 1. The third-order valence-corrected chi connectivity index (χ3v) is 3.92. The van der Waals surface area contributed by atoms with E-state index in [0.29, 0.717) is 24.2 Å². The Morgan fingerprint density at radius 1 is 1.18 bits per heavy atom. The van der Waals surface area contributed by atoms with E-state index in [1.807, 2.05) is 0 Å². The number of carboxylic acids is 1. The van der Waals surface area contributed by atoms with E-state index in [1.54, 1.807) is 31.4 Å². The van der Waals surface area contributed by atoms with Gasteiger partial charge in [0.15, 0.2) is 5.78 Å². The average molecular weight is 305 g/mol.